The van der Waals surface area contributed by atoms with Gasteiger partial charge in [0.2, 0.25) is 0 Å². The zero-order valence-electron chi connectivity index (χ0n) is 8.55. The van der Waals surface area contributed by atoms with Gasteiger partial charge in [-0.05, 0) is 0 Å². The van der Waals surface area contributed by atoms with Crippen LogP contribution in [0.15, 0.2) is 0 Å². The molecular weight excluding hydrogens is 224 g/mol. The smallest absolute Gasteiger partial charge is 0.184 e. The summed E-state index contributed by atoms with van der Waals surface area (Å²) in [4.78, 5) is 0. The molecule has 7 N–H and O–H groups in total. The summed E-state index contributed by atoms with van der Waals surface area (Å²) in [6.45, 7) is -0.776. The van der Waals surface area contributed by atoms with Gasteiger partial charge in [-0.2, -0.15) is 0 Å². The summed E-state index contributed by atoms with van der Waals surface area (Å²) in [5.74, 6) is 0. The average molecular weight is 242 g/mol. The molecule has 0 spiro atoms. The Hall–Kier alpha value is -0.320. The molecule has 0 saturated carbocycles. The highest BCUT2D eigenvalue weighted by atomic mass is 16.6. The fourth-order valence-corrected chi connectivity index (χ4v) is 1.08. The van der Waals surface area contributed by atoms with Crippen molar-refractivity contribution >= 4 is 0 Å². The van der Waals surface area contributed by atoms with Crippen LogP contribution in [0.25, 0.3) is 0 Å². The Morgan fingerprint density at radius 2 is 1.25 bits per heavy atom. The van der Waals surface area contributed by atoms with Crippen LogP contribution in [0.4, 0.5) is 0 Å². The van der Waals surface area contributed by atoms with E-state index in [0.717, 1.165) is 0 Å². The number of hydrogen-bond acceptors (Lipinski definition) is 8. The second-order valence-electron chi connectivity index (χ2n) is 3.17. The van der Waals surface area contributed by atoms with E-state index < -0.39 is 37.3 Å². The maximum absolute atomic E-state index is 9.12. The Morgan fingerprint density at radius 3 is 1.62 bits per heavy atom. The first kappa shape index (κ1) is 15.7. The van der Waals surface area contributed by atoms with E-state index >= 15 is 0 Å². The lowest BCUT2D eigenvalue weighted by molar-refractivity contribution is -0.286. The maximum Gasteiger partial charge on any atom is 0.184 e. The fraction of sp³-hybridized carbons (Fsp3) is 1.00. The zero-order valence-corrected chi connectivity index (χ0v) is 8.55. The first-order valence-corrected chi connectivity index (χ1v) is 4.69. The molecule has 16 heavy (non-hydrogen) atoms. The minimum atomic E-state index is -1.57. The predicted molar refractivity (Wildman–Crippen MR) is 50.2 cm³/mol. The van der Waals surface area contributed by atoms with Gasteiger partial charge in [-0.25, -0.2) is 0 Å². The number of ether oxygens (including phenoxy) is 1. The number of aliphatic hydroxyl groups is 7. The van der Waals surface area contributed by atoms with E-state index in [1.165, 1.54) is 0 Å². The molecule has 1 heterocycles. The van der Waals surface area contributed by atoms with Gasteiger partial charge in [0.25, 0.3) is 0 Å². The predicted octanol–water partition coefficient (Wildman–Crippen LogP) is -4.25. The lowest BCUT2D eigenvalue weighted by Crippen LogP contribution is -2.58. The van der Waals surface area contributed by atoms with Crippen LogP contribution in [-0.2, 0) is 4.74 Å². The Bertz CT molecular complexity index is 171. The number of aliphatic hydroxyl groups excluding tert-OH is 7. The molecule has 0 aliphatic carbocycles. The molecule has 1 aliphatic heterocycles. The molecule has 8 heteroatoms. The van der Waals surface area contributed by atoms with Crippen molar-refractivity contribution < 1.29 is 40.5 Å². The van der Waals surface area contributed by atoms with Crippen LogP contribution in [0.5, 0.6) is 0 Å². The van der Waals surface area contributed by atoms with Gasteiger partial charge in [0.15, 0.2) is 6.29 Å². The van der Waals surface area contributed by atoms with Gasteiger partial charge in [0.05, 0.1) is 19.8 Å². The third-order valence-electron chi connectivity index (χ3n) is 1.97. The van der Waals surface area contributed by atoms with Gasteiger partial charge < -0.3 is 40.5 Å². The normalized spacial score (nSPS) is 38.8. The molecule has 1 aliphatic rings. The van der Waals surface area contributed by atoms with Crippen molar-refractivity contribution in [3.63, 3.8) is 0 Å². The largest absolute Gasteiger partial charge is 0.394 e. The monoisotopic (exact) mass is 242 g/mol. The lowest BCUT2D eigenvalue weighted by atomic mass is 10.00. The van der Waals surface area contributed by atoms with Crippen molar-refractivity contribution in [3.05, 3.63) is 0 Å². The molecule has 0 aromatic rings. The molecule has 1 rings (SSSR count). The summed E-state index contributed by atoms with van der Waals surface area (Å²) in [5, 5.41) is 59.9. The quantitative estimate of drug-likeness (QED) is 0.257. The van der Waals surface area contributed by atoms with E-state index in [1.807, 2.05) is 0 Å². The first-order chi connectivity index (χ1) is 7.49. The Balaban J connectivity index is 0.000000487. The van der Waals surface area contributed by atoms with Crippen molar-refractivity contribution in [2.24, 2.45) is 0 Å². The van der Waals surface area contributed by atoms with Crippen LogP contribution < -0.4 is 0 Å². The minimum Gasteiger partial charge on any atom is -0.394 e. The van der Waals surface area contributed by atoms with Gasteiger partial charge in [0, 0.05) is 0 Å². The summed E-state index contributed by atoms with van der Waals surface area (Å²) in [5.41, 5.74) is 0. The van der Waals surface area contributed by atoms with Gasteiger partial charge in [-0.15, -0.1) is 0 Å². The van der Waals surface area contributed by atoms with Gasteiger partial charge in [-0.3, -0.25) is 0 Å². The number of hydrogen-bond donors (Lipinski definition) is 7. The second kappa shape index (κ2) is 7.87. The van der Waals surface area contributed by atoms with Crippen molar-refractivity contribution in [1.29, 1.82) is 0 Å². The fourth-order valence-electron chi connectivity index (χ4n) is 1.08. The van der Waals surface area contributed by atoms with Crippen molar-refractivity contribution in [3.8, 4) is 0 Å². The highest BCUT2D eigenvalue weighted by molar-refractivity contribution is 4.87. The summed E-state index contributed by atoms with van der Waals surface area (Å²) in [6.07, 6.45) is -7.04. The van der Waals surface area contributed by atoms with Crippen LogP contribution in [-0.4, -0.2) is 86.3 Å². The van der Waals surface area contributed by atoms with E-state index in [0.29, 0.717) is 0 Å². The van der Waals surface area contributed by atoms with Crippen LogP contribution >= 0.6 is 0 Å². The zero-order chi connectivity index (χ0) is 12.7. The lowest BCUT2D eigenvalue weighted by Gasteiger charge is -2.37. The molecule has 1 unspecified atom stereocenters. The molecule has 0 amide bonds. The molecule has 5 atom stereocenters. The molecule has 0 bridgehead atoms. The standard InChI is InChI=1S/C6H12O6.C2H6O2/c7-1-2-3(8)4(9)5(10)6(11)12-2;3-1-2-4/h2-11H,1H2;3-4H,1-2H2/t2-,3-,4+,5-,6?;/m1./s1. The topological polar surface area (TPSA) is 151 Å². The van der Waals surface area contributed by atoms with Crippen molar-refractivity contribution in [2.75, 3.05) is 19.8 Å². The minimum absolute atomic E-state index is 0.125. The third kappa shape index (κ3) is 4.28. The van der Waals surface area contributed by atoms with E-state index in [1.54, 1.807) is 0 Å². The summed E-state index contributed by atoms with van der Waals surface area (Å²) in [6, 6.07) is 0. The highest BCUT2D eigenvalue weighted by Crippen LogP contribution is 2.18. The van der Waals surface area contributed by atoms with Crippen LogP contribution in [0.3, 0.4) is 0 Å². The highest BCUT2D eigenvalue weighted by Gasteiger charge is 2.42. The molecule has 8 nitrogen and oxygen atoms in total. The third-order valence-corrected chi connectivity index (χ3v) is 1.97. The van der Waals surface area contributed by atoms with Crippen LogP contribution in [0.1, 0.15) is 0 Å². The van der Waals surface area contributed by atoms with Crippen LogP contribution in [0, 0.1) is 0 Å². The Labute approximate surface area is 92.0 Å². The van der Waals surface area contributed by atoms with Gasteiger partial charge in [-0.1, -0.05) is 0 Å². The molecule has 0 radical (unpaired) electrons. The number of rotatable bonds is 2. The summed E-state index contributed by atoms with van der Waals surface area (Å²) >= 11 is 0. The molecule has 0 aromatic heterocycles. The molecule has 0 aromatic carbocycles. The molecule has 1 fully saturated rings. The first-order valence-electron chi connectivity index (χ1n) is 4.69. The van der Waals surface area contributed by atoms with E-state index in [4.69, 9.17) is 35.7 Å². The van der Waals surface area contributed by atoms with Crippen molar-refractivity contribution in [1.82, 2.24) is 0 Å². The van der Waals surface area contributed by atoms with Gasteiger partial charge >= 0.3 is 0 Å². The van der Waals surface area contributed by atoms with E-state index in [9.17, 15) is 0 Å². The molecule has 1 saturated heterocycles. The van der Waals surface area contributed by atoms with Crippen molar-refractivity contribution in [2.45, 2.75) is 30.7 Å². The van der Waals surface area contributed by atoms with Gasteiger partial charge in [0.1, 0.15) is 24.4 Å². The molecular formula is C8H18O8. The average Bonchev–Trinajstić information content (AvgIpc) is 2.31. The van der Waals surface area contributed by atoms with Crippen LogP contribution in [0.2, 0.25) is 0 Å². The Kier molecular flexibility index (Phi) is 7.72. The maximum atomic E-state index is 9.12. The summed E-state index contributed by atoms with van der Waals surface area (Å²) < 4.78 is 4.58. The van der Waals surface area contributed by atoms with E-state index in [2.05, 4.69) is 4.74 Å². The molecule has 98 valence electrons. The summed E-state index contributed by atoms with van der Waals surface area (Å²) in [7, 11) is 0. The second-order valence-corrected chi connectivity index (χ2v) is 3.17. The Morgan fingerprint density at radius 1 is 0.750 bits per heavy atom. The van der Waals surface area contributed by atoms with E-state index in [-0.39, 0.29) is 13.2 Å². The SMILES string of the molecule is OCCO.OC[C@H]1OC(O)[C@H](O)[C@@H](O)[C@@H]1O.